The van der Waals surface area contributed by atoms with Crippen LogP contribution in [0.2, 0.25) is 0 Å². The second-order valence-corrected chi connectivity index (χ2v) is 5.93. The lowest BCUT2D eigenvalue weighted by Gasteiger charge is -2.18. The molecule has 1 aliphatic rings. The van der Waals surface area contributed by atoms with Gasteiger partial charge in [0.05, 0.1) is 0 Å². The highest BCUT2D eigenvalue weighted by Gasteiger charge is 2.14. The van der Waals surface area contributed by atoms with E-state index < -0.39 is 0 Å². The maximum atomic E-state index is 2.40. The lowest BCUT2D eigenvalue weighted by atomic mass is 9.93. The van der Waals surface area contributed by atoms with E-state index in [-0.39, 0.29) is 0 Å². The van der Waals surface area contributed by atoms with Crippen molar-refractivity contribution in [2.24, 2.45) is 0 Å². The van der Waals surface area contributed by atoms with Gasteiger partial charge in [-0.3, -0.25) is 0 Å². The third kappa shape index (κ3) is 2.08. The van der Waals surface area contributed by atoms with Gasteiger partial charge in [-0.25, -0.2) is 0 Å². The molecule has 0 radical (unpaired) electrons. The summed E-state index contributed by atoms with van der Waals surface area (Å²) in [7, 11) is 0. The van der Waals surface area contributed by atoms with Crippen LogP contribution in [-0.4, -0.2) is 5.75 Å². The van der Waals surface area contributed by atoms with E-state index >= 15 is 0 Å². The lowest BCUT2D eigenvalue weighted by molar-refractivity contribution is 0.898. The van der Waals surface area contributed by atoms with E-state index in [1.54, 1.807) is 0 Å². The molecule has 2 aromatic rings. The van der Waals surface area contributed by atoms with Gasteiger partial charge in [0.25, 0.3) is 0 Å². The maximum Gasteiger partial charge on any atom is 0.0114 e. The predicted molar refractivity (Wildman–Crippen MR) is 83.0 cm³/mol. The summed E-state index contributed by atoms with van der Waals surface area (Å²) in [5, 5.41) is 2.85. The molecular weight excluding hydrogens is 236 g/mol. The molecule has 92 valence electrons. The van der Waals surface area contributed by atoms with Crippen molar-refractivity contribution in [1.82, 2.24) is 0 Å². The summed E-state index contributed by atoms with van der Waals surface area (Å²) in [5.41, 5.74) is 2.92. The minimum atomic E-state index is 1.09. The van der Waals surface area contributed by atoms with E-state index in [9.17, 15) is 0 Å². The monoisotopic (exact) mass is 254 g/mol. The number of thioether (sulfide) groups is 1. The molecule has 0 atom stereocenters. The molecule has 0 aromatic heterocycles. The molecule has 1 aliphatic carbocycles. The molecule has 3 rings (SSSR count). The Morgan fingerprint density at radius 1 is 1.11 bits per heavy atom. The average molecular weight is 254 g/mol. The van der Waals surface area contributed by atoms with Crippen LogP contribution in [0.4, 0.5) is 0 Å². The molecule has 2 aromatic carbocycles. The van der Waals surface area contributed by atoms with Gasteiger partial charge in [-0.1, -0.05) is 55.8 Å². The molecule has 0 nitrogen and oxygen atoms in total. The predicted octanol–water partition coefficient (Wildman–Crippen LogP) is 5.27. The zero-order valence-corrected chi connectivity index (χ0v) is 11.6. The number of benzene rings is 2. The van der Waals surface area contributed by atoms with Crippen molar-refractivity contribution in [3.8, 4) is 0 Å². The molecule has 0 spiro atoms. The SMILES string of the molecule is CCCCSC1=CCc2cccc3cccc1c23. The number of allylic oxidation sites excluding steroid dienone is 1. The van der Waals surface area contributed by atoms with Gasteiger partial charge in [0.1, 0.15) is 0 Å². The van der Waals surface area contributed by atoms with Gasteiger partial charge in [0, 0.05) is 4.91 Å². The molecular formula is C17H18S. The fourth-order valence-corrected chi connectivity index (χ4v) is 3.75. The maximum absolute atomic E-state index is 2.40. The minimum Gasteiger partial charge on any atom is -0.126 e. The molecule has 0 heterocycles. The van der Waals surface area contributed by atoms with Crippen LogP contribution in [0, 0.1) is 0 Å². The summed E-state index contributed by atoms with van der Waals surface area (Å²) in [6, 6.07) is 13.3. The Morgan fingerprint density at radius 3 is 2.78 bits per heavy atom. The Labute approximate surface area is 113 Å². The fraction of sp³-hybridized carbons (Fsp3) is 0.294. The van der Waals surface area contributed by atoms with Crippen LogP contribution in [0.3, 0.4) is 0 Å². The molecule has 1 heteroatoms. The van der Waals surface area contributed by atoms with Gasteiger partial charge in [0.15, 0.2) is 0 Å². The standard InChI is InChI=1S/C17H18S/c1-2-3-12-18-16-11-10-14-7-4-6-13-8-5-9-15(16)17(13)14/h4-9,11H,2-3,10,12H2,1H3. The first-order valence-corrected chi connectivity index (χ1v) is 7.72. The molecule has 0 amide bonds. The average Bonchev–Trinajstić information content (AvgIpc) is 2.42. The molecule has 0 saturated carbocycles. The number of hydrogen-bond donors (Lipinski definition) is 0. The van der Waals surface area contributed by atoms with E-state index in [0.717, 1.165) is 6.42 Å². The van der Waals surface area contributed by atoms with Crippen LogP contribution >= 0.6 is 11.8 Å². The van der Waals surface area contributed by atoms with Gasteiger partial charge in [-0.15, -0.1) is 11.8 Å². The summed E-state index contributed by atoms with van der Waals surface area (Å²) < 4.78 is 0. The Bertz CT molecular complexity index is 590. The van der Waals surface area contributed by atoms with Crippen molar-refractivity contribution < 1.29 is 0 Å². The smallest absolute Gasteiger partial charge is 0.0114 e. The highest BCUT2D eigenvalue weighted by Crippen LogP contribution is 2.38. The highest BCUT2D eigenvalue weighted by molar-refractivity contribution is 8.08. The molecule has 18 heavy (non-hydrogen) atoms. The summed E-state index contributed by atoms with van der Waals surface area (Å²) in [6.07, 6.45) is 6.07. The summed E-state index contributed by atoms with van der Waals surface area (Å²) in [6.45, 7) is 2.26. The first kappa shape index (κ1) is 11.9. The second-order valence-electron chi connectivity index (χ2n) is 4.80. The van der Waals surface area contributed by atoms with Crippen LogP contribution in [0.15, 0.2) is 42.5 Å². The number of unbranched alkanes of at least 4 members (excludes halogenated alkanes) is 1. The van der Waals surface area contributed by atoms with Gasteiger partial charge in [0.2, 0.25) is 0 Å². The van der Waals surface area contributed by atoms with Crippen LogP contribution < -0.4 is 0 Å². The third-order valence-corrected chi connectivity index (χ3v) is 4.71. The van der Waals surface area contributed by atoms with E-state index in [0.29, 0.717) is 0 Å². The van der Waals surface area contributed by atoms with Crippen molar-refractivity contribution in [3.63, 3.8) is 0 Å². The minimum absolute atomic E-state index is 1.09. The molecule has 0 unspecified atom stereocenters. The van der Waals surface area contributed by atoms with Gasteiger partial charge >= 0.3 is 0 Å². The summed E-state index contributed by atoms with van der Waals surface area (Å²) >= 11 is 2.02. The lowest BCUT2D eigenvalue weighted by Crippen LogP contribution is -1.96. The van der Waals surface area contributed by atoms with E-state index in [1.807, 2.05) is 11.8 Å². The summed E-state index contributed by atoms with van der Waals surface area (Å²) in [5.74, 6) is 1.24. The van der Waals surface area contributed by atoms with Crippen LogP contribution in [0.25, 0.3) is 15.7 Å². The van der Waals surface area contributed by atoms with Crippen LogP contribution in [-0.2, 0) is 6.42 Å². The molecule has 0 saturated heterocycles. The Hall–Kier alpha value is -1.21. The first-order chi connectivity index (χ1) is 8.90. The topological polar surface area (TPSA) is 0 Å². The molecule has 0 N–H and O–H groups in total. The Balaban J connectivity index is 2.01. The van der Waals surface area contributed by atoms with Crippen molar-refractivity contribution in [2.45, 2.75) is 26.2 Å². The number of rotatable bonds is 4. The fourth-order valence-electron chi connectivity index (χ4n) is 2.57. The van der Waals surface area contributed by atoms with Crippen LogP contribution in [0.1, 0.15) is 30.9 Å². The van der Waals surface area contributed by atoms with Crippen molar-refractivity contribution >= 4 is 27.4 Å². The van der Waals surface area contributed by atoms with Gasteiger partial charge < -0.3 is 0 Å². The summed E-state index contributed by atoms with van der Waals surface area (Å²) in [4.78, 5) is 1.48. The second kappa shape index (κ2) is 5.19. The Morgan fingerprint density at radius 2 is 1.94 bits per heavy atom. The van der Waals surface area contributed by atoms with E-state index in [2.05, 4.69) is 49.4 Å². The Kier molecular flexibility index (Phi) is 3.42. The van der Waals surface area contributed by atoms with Crippen molar-refractivity contribution in [2.75, 3.05) is 5.75 Å². The zero-order valence-electron chi connectivity index (χ0n) is 10.8. The number of hydrogen-bond acceptors (Lipinski definition) is 1. The zero-order chi connectivity index (χ0) is 12.4. The van der Waals surface area contributed by atoms with Crippen LogP contribution in [0.5, 0.6) is 0 Å². The molecule has 0 fully saturated rings. The highest BCUT2D eigenvalue weighted by atomic mass is 32.2. The van der Waals surface area contributed by atoms with Gasteiger partial charge in [-0.2, -0.15) is 0 Å². The molecule has 0 aliphatic heterocycles. The first-order valence-electron chi connectivity index (χ1n) is 6.74. The molecule has 0 bridgehead atoms. The van der Waals surface area contributed by atoms with Crippen molar-refractivity contribution in [1.29, 1.82) is 0 Å². The normalized spacial score (nSPS) is 13.7. The quantitative estimate of drug-likeness (QED) is 0.670. The van der Waals surface area contributed by atoms with E-state index in [4.69, 9.17) is 0 Å². The van der Waals surface area contributed by atoms with E-state index in [1.165, 1.54) is 45.4 Å². The largest absolute Gasteiger partial charge is 0.126 e. The third-order valence-electron chi connectivity index (χ3n) is 3.52. The van der Waals surface area contributed by atoms with Crippen molar-refractivity contribution in [3.05, 3.63) is 53.6 Å². The van der Waals surface area contributed by atoms with Gasteiger partial charge in [-0.05, 0) is 40.5 Å².